The Kier molecular flexibility index (Phi) is 24.4. The van der Waals surface area contributed by atoms with E-state index in [2.05, 4.69) is 103 Å². The summed E-state index contributed by atoms with van der Waals surface area (Å²) >= 11 is 0. The van der Waals surface area contributed by atoms with E-state index < -0.39 is 103 Å². The van der Waals surface area contributed by atoms with Gasteiger partial charge in [-0.05, 0) is 150 Å². The molecular formula is C61H96IN2O12P. The fraction of sp³-hybridized carbons (Fsp3) is 0.689. The molecule has 0 radical (unpaired) electrons. The fourth-order valence-corrected chi connectivity index (χ4v) is 17.2. The van der Waals surface area contributed by atoms with Crippen LogP contribution < -0.4 is 39.9 Å². The number of aliphatic hydroxyl groups excluding tert-OH is 3. The van der Waals surface area contributed by atoms with E-state index in [4.69, 9.17) is 28.4 Å². The molecule has 3 fully saturated rings. The number of carbonyl (C=O) groups excluding carboxylic acids is 1. The van der Waals surface area contributed by atoms with Gasteiger partial charge in [-0.1, -0.05) is 81.8 Å². The maximum atomic E-state index is 14.7. The Morgan fingerprint density at radius 2 is 1.30 bits per heavy atom. The van der Waals surface area contributed by atoms with Crippen LogP contribution in [0.5, 0.6) is 0 Å². The van der Waals surface area contributed by atoms with Gasteiger partial charge in [0.2, 0.25) is 0 Å². The number of nitrogens with zero attached hydrogens (tertiary/aromatic N) is 2. The number of likely N-dealkylation sites (N-methyl/N-ethyl adjacent to an activating group) is 1. The van der Waals surface area contributed by atoms with Crippen LogP contribution in [0, 0.1) is 17.8 Å². The van der Waals surface area contributed by atoms with Crippen molar-refractivity contribution in [3.8, 4) is 0 Å². The SMILES string of the molecule is CC[C@H]1OC(=O)[C@H](C)[C@@H](O[C@H]2C[C@@](C)(OC)[C@@H](O)[C@H](C)O2)[C@H](C)[C@@H](O[C@@H]2O[C@H](C)C[C@H](N(C)C)[C@H]2O)[C@](C)(O)C[C@@H](C)CN(CCCCCC[P+](c2ccccc2)(c2ccccc2)c2ccccc2)[C@H](C)[C@@H](O)[C@]1(C)O.[I-]. The second-order valence-electron chi connectivity index (χ2n) is 23.7. The highest BCUT2D eigenvalue weighted by Gasteiger charge is 2.53. The van der Waals surface area contributed by atoms with Crippen molar-refractivity contribution in [2.24, 2.45) is 17.8 Å². The lowest BCUT2D eigenvalue weighted by atomic mass is 9.77. The molecule has 77 heavy (non-hydrogen) atoms. The standard InChI is InChI=1S/C61H96N2O12P.HI/c1-14-50-61(10,69)54(65)44(6)63(34-26-15-16-27-35-76(46-28-20-17-21-29-46,47-30-22-18-23-31-47)48-32-24-19-25-33-48)39-40(2)37-59(8,68)56(75-58-52(64)49(62(11)12)36-41(3)71-58)42(4)53(43(5)57(67)73-50)74-51-38-60(9,70-13)55(66)45(7)72-51;/h17-25,28-33,40-45,49-56,58,64-66,68-69H,14-16,26-27,34-39H2,1-13H3;1H/q+1;/p-1/t40-,41-,42+,43-,44-,45+,49+,50-,51+,52-,53+,54-,55+,56-,58+,59-,60-,61-;/m1./s1. The van der Waals surface area contributed by atoms with E-state index in [-0.39, 0.29) is 61.3 Å². The molecule has 14 nitrogen and oxygen atoms in total. The third-order valence-corrected chi connectivity index (χ3v) is 21.8. The third kappa shape index (κ3) is 15.5. The number of rotatable bonds is 17. The molecule has 3 aromatic rings. The Balaban J connectivity index is 0.0000109. The number of halogens is 1. The van der Waals surface area contributed by atoms with Crippen LogP contribution in [-0.2, 0) is 33.2 Å². The summed E-state index contributed by atoms with van der Waals surface area (Å²) in [5.74, 6) is -2.71. The van der Waals surface area contributed by atoms with Crippen LogP contribution in [0.1, 0.15) is 121 Å². The minimum absolute atomic E-state index is 0. The summed E-state index contributed by atoms with van der Waals surface area (Å²) in [6.45, 7) is 19.1. The lowest BCUT2D eigenvalue weighted by Gasteiger charge is -2.48. The molecule has 0 bridgehead atoms. The number of hydrogen-bond donors (Lipinski definition) is 5. The van der Waals surface area contributed by atoms with E-state index in [1.165, 1.54) is 23.0 Å². The van der Waals surface area contributed by atoms with Gasteiger partial charge in [0.25, 0.3) is 0 Å². The Labute approximate surface area is 479 Å². The fourth-order valence-electron chi connectivity index (χ4n) is 12.8. The monoisotopic (exact) mass is 1210 g/mol. The molecule has 18 atom stereocenters. The van der Waals surface area contributed by atoms with Crippen molar-refractivity contribution >= 4 is 29.1 Å². The first kappa shape index (κ1) is 65.6. The first-order valence-corrected chi connectivity index (χ1v) is 30.2. The topological polar surface area (TPSA) is 180 Å². The number of esters is 1. The van der Waals surface area contributed by atoms with Gasteiger partial charge < -0.3 is 82.8 Å². The van der Waals surface area contributed by atoms with Crippen molar-refractivity contribution in [2.75, 3.05) is 40.5 Å². The van der Waals surface area contributed by atoms with Gasteiger partial charge in [-0.2, -0.15) is 0 Å². The second-order valence-corrected chi connectivity index (χ2v) is 27.3. The van der Waals surface area contributed by atoms with E-state index >= 15 is 0 Å². The zero-order valence-corrected chi connectivity index (χ0v) is 51.5. The first-order valence-electron chi connectivity index (χ1n) is 28.2. The van der Waals surface area contributed by atoms with E-state index in [0.29, 0.717) is 19.5 Å². The minimum atomic E-state index is -1.99. The highest BCUT2D eigenvalue weighted by molar-refractivity contribution is 7.95. The molecular weight excluding hydrogens is 1110 g/mol. The average molecular weight is 1210 g/mol. The van der Waals surface area contributed by atoms with Crippen molar-refractivity contribution in [1.29, 1.82) is 0 Å². The molecule has 3 aliphatic rings. The summed E-state index contributed by atoms with van der Waals surface area (Å²) in [6, 6.07) is 32.0. The van der Waals surface area contributed by atoms with Crippen molar-refractivity contribution in [3.63, 3.8) is 0 Å². The quantitative estimate of drug-likeness (QED) is 0.0570. The Hall–Kier alpha value is -2.19. The zero-order valence-electron chi connectivity index (χ0n) is 48.4. The molecule has 0 amide bonds. The smallest absolute Gasteiger partial charge is 0.311 e. The molecule has 0 aliphatic carbocycles. The van der Waals surface area contributed by atoms with Crippen LogP contribution in [0.25, 0.3) is 0 Å². The summed E-state index contributed by atoms with van der Waals surface area (Å²) in [6.07, 6.45) is -3.81. The summed E-state index contributed by atoms with van der Waals surface area (Å²) in [5, 5.41) is 64.9. The van der Waals surface area contributed by atoms with Crippen molar-refractivity contribution in [1.82, 2.24) is 9.80 Å². The van der Waals surface area contributed by atoms with Crippen LogP contribution in [0.15, 0.2) is 91.0 Å². The molecule has 434 valence electrons. The van der Waals surface area contributed by atoms with Gasteiger partial charge in [0, 0.05) is 38.1 Å². The van der Waals surface area contributed by atoms with Gasteiger partial charge in [-0.15, -0.1) is 0 Å². The third-order valence-electron chi connectivity index (χ3n) is 17.3. The van der Waals surface area contributed by atoms with Crippen LogP contribution in [0.4, 0.5) is 0 Å². The maximum Gasteiger partial charge on any atom is 0.311 e. The van der Waals surface area contributed by atoms with E-state index in [9.17, 15) is 30.3 Å². The van der Waals surface area contributed by atoms with Gasteiger partial charge in [-0.25, -0.2) is 0 Å². The number of ether oxygens (including phenoxy) is 6. The number of hydrogen-bond acceptors (Lipinski definition) is 14. The Morgan fingerprint density at radius 1 is 0.753 bits per heavy atom. The predicted molar refractivity (Wildman–Crippen MR) is 302 cm³/mol. The van der Waals surface area contributed by atoms with Gasteiger partial charge in [0.1, 0.15) is 53.2 Å². The molecule has 0 spiro atoms. The molecule has 3 aliphatic heterocycles. The van der Waals surface area contributed by atoms with Crippen LogP contribution in [0.2, 0.25) is 0 Å². The van der Waals surface area contributed by atoms with Crippen LogP contribution >= 0.6 is 7.26 Å². The Morgan fingerprint density at radius 3 is 1.82 bits per heavy atom. The number of carbonyl (C=O) groups is 1. The van der Waals surface area contributed by atoms with Crippen molar-refractivity contribution in [2.45, 2.75) is 211 Å². The van der Waals surface area contributed by atoms with E-state index in [0.717, 1.165) is 31.8 Å². The number of cyclic esters (lactones) is 1. The second kappa shape index (κ2) is 28.7. The average Bonchev–Trinajstić information content (AvgIpc) is 3.39. The molecule has 3 saturated heterocycles. The molecule has 16 heteroatoms. The van der Waals surface area contributed by atoms with E-state index in [1.54, 1.807) is 34.6 Å². The lowest BCUT2D eigenvalue weighted by molar-refractivity contribution is -0.318. The lowest BCUT2D eigenvalue weighted by Crippen LogP contribution is -3.00. The first-order chi connectivity index (χ1) is 35.9. The van der Waals surface area contributed by atoms with Crippen LogP contribution in [-0.4, -0.2) is 172 Å². The number of unbranched alkanes of at least 4 members (excludes halogenated alkanes) is 3. The van der Waals surface area contributed by atoms with Gasteiger partial charge in [0.15, 0.2) is 12.6 Å². The molecule has 3 aromatic carbocycles. The van der Waals surface area contributed by atoms with Crippen LogP contribution in [0.3, 0.4) is 0 Å². The summed E-state index contributed by atoms with van der Waals surface area (Å²) in [4.78, 5) is 18.9. The van der Waals surface area contributed by atoms with Crippen molar-refractivity contribution < 1.29 is 82.7 Å². The molecule has 0 saturated carbocycles. The summed E-state index contributed by atoms with van der Waals surface area (Å²) in [7, 11) is 3.34. The van der Waals surface area contributed by atoms with Gasteiger partial charge >= 0.3 is 5.97 Å². The molecule has 6 rings (SSSR count). The predicted octanol–water partition coefficient (Wildman–Crippen LogP) is 3.83. The summed E-state index contributed by atoms with van der Waals surface area (Å²) < 4.78 is 38.5. The van der Waals surface area contributed by atoms with Gasteiger partial charge in [-0.3, -0.25) is 9.69 Å². The maximum absolute atomic E-state index is 14.7. The minimum Gasteiger partial charge on any atom is -1.00 e. The molecule has 0 aromatic heterocycles. The molecule has 3 heterocycles. The van der Waals surface area contributed by atoms with Crippen molar-refractivity contribution in [3.05, 3.63) is 91.0 Å². The Bertz CT molecular complexity index is 2120. The number of methoxy groups -OCH3 is 1. The zero-order chi connectivity index (χ0) is 55.8. The normalized spacial score (nSPS) is 37.3. The van der Waals surface area contributed by atoms with Gasteiger partial charge in [0.05, 0.1) is 47.7 Å². The number of aliphatic hydroxyl groups is 5. The summed E-state index contributed by atoms with van der Waals surface area (Å²) in [5.41, 5.74) is -4.53. The highest BCUT2D eigenvalue weighted by atomic mass is 127. The highest BCUT2D eigenvalue weighted by Crippen LogP contribution is 2.56. The largest absolute Gasteiger partial charge is 1.00 e. The number of benzene rings is 3. The van der Waals surface area contributed by atoms with E-state index in [1.807, 2.05) is 46.7 Å². The molecule has 0 unspecified atom stereocenters. The molecule has 5 N–H and O–H groups in total.